The minimum absolute atomic E-state index is 4.01. The summed E-state index contributed by atoms with van der Waals surface area (Å²) in [4.78, 5) is 0. The molecule has 0 nitrogen and oxygen atoms in total. The predicted molar refractivity (Wildman–Crippen MR) is 29.3 cm³/mol. The molecule has 0 bridgehead atoms. The van der Waals surface area contributed by atoms with Gasteiger partial charge in [0.05, 0.1) is 0 Å². The number of hydrogen-bond acceptors (Lipinski definition) is 0. The Hall–Kier alpha value is 1.98. The van der Waals surface area contributed by atoms with Crippen LogP contribution in [0, 0.1) is 0 Å². The summed E-state index contributed by atoms with van der Waals surface area (Å²) in [5.74, 6) is 0. The summed E-state index contributed by atoms with van der Waals surface area (Å²) < 4.78 is 0. The molecule has 0 aromatic heterocycles. The van der Waals surface area contributed by atoms with Crippen molar-refractivity contribution in [3.05, 3.63) is 0 Å². The molecule has 43 valence electrons. The maximum absolute atomic E-state index is 5.01. The third-order valence-corrected chi connectivity index (χ3v) is 0. The van der Waals surface area contributed by atoms with Crippen molar-refractivity contribution in [1.82, 2.24) is 0 Å². The van der Waals surface area contributed by atoms with Gasteiger partial charge in [0.25, 0.3) is 0 Å². The molecular weight excluding hydrogens is 229 g/mol. The van der Waals surface area contributed by atoms with E-state index in [9.17, 15) is 0 Å². The zero-order chi connectivity index (χ0) is 5.45. The van der Waals surface area contributed by atoms with Crippen molar-refractivity contribution < 1.29 is 7.40 Å². The van der Waals surface area contributed by atoms with E-state index in [4.69, 9.17) is 50.2 Å². The minimum atomic E-state index is -4.01. The van der Waals surface area contributed by atoms with Crippen LogP contribution >= 0.6 is 50.2 Å². The van der Waals surface area contributed by atoms with E-state index in [1.165, 1.54) is 0 Å². The first-order chi connectivity index (χ1) is 2.24. The average molecular weight is 229 g/mol. The van der Waals surface area contributed by atoms with E-state index >= 15 is 0 Å². The van der Waals surface area contributed by atoms with Crippen molar-refractivity contribution in [3.63, 3.8) is 0 Å². The van der Waals surface area contributed by atoms with Crippen LogP contribution in [0.4, 0.5) is 0 Å². The molecule has 0 fully saturated rings. The van der Waals surface area contributed by atoms with E-state index in [-0.39, 0.29) is 0 Å². The molecule has 0 radical (unpaired) electrons. The summed E-state index contributed by atoms with van der Waals surface area (Å²) in [7, 11) is 21.1. The van der Waals surface area contributed by atoms with E-state index in [2.05, 4.69) is 0 Å². The Bertz CT molecular complexity index is 37.1. The van der Waals surface area contributed by atoms with Gasteiger partial charge in [-0.2, -0.15) is 0 Å². The summed E-state index contributed by atoms with van der Waals surface area (Å²) in [5.41, 5.74) is 0. The second kappa shape index (κ2) is 1.74. The van der Waals surface area contributed by atoms with Crippen LogP contribution in [0.2, 0.25) is 0 Å². The molecule has 0 spiro atoms. The quantitative estimate of drug-likeness (QED) is 0.597. The summed E-state index contributed by atoms with van der Waals surface area (Å²) in [6.45, 7) is 0. The molecule has 0 atom stereocenters. The van der Waals surface area contributed by atoms with Gasteiger partial charge in [-0.3, -0.25) is 0 Å². The topological polar surface area (TPSA) is 0 Å². The number of halogens is 5. The first-order valence-corrected chi connectivity index (χ1v) is 9.54. The fourth-order valence-electron chi connectivity index (χ4n) is 0. The molecular formula is Cl5Cr-2. The Morgan fingerprint density at radius 3 is 0.667 bits per heavy atom. The second-order valence-corrected chi connectivity index (χ2v) is 21.6. The summed E-state index contributed by atoms with van der Waals surface area (Å²) in [5, 5.41) is 0. The third kappa shape index (κ3) is 37.8. The monoisotopic (exact) mass is 227 g/mol. The zero-order valence-electron chi connectivity index (χ0n) is 2.30. The zero-order valence-corrected chi connectivity index (χ0v) is 7.35. The molecule has 0 saturated heterocycles. The van der Waals surface area contributed by atoms with E-state index in [1.54, 1.807) is 0 Å². The second-order valence-electron chi connectivity index (χ2n) is 0.583. The van der Waals surface area contributed by atoms with E-state index in [0.717, 1.165) is 0 Å². The van der Waals surface area contributed by atoms with Gasteiger partial charge in [0, 0.05) is 0 Å². The van der Waals surface area contributed by atoms with Crippen LogP contribution in [0.25, 0.3) is 0 Å². The molecule has 6 heteroatoms. The molecule has 0 aromatic rings. The first kappa shape index (κ1) is 7.98. The van der Waals surface area contributed by atoms with Crippen LogP contribution < -0.4 is 0 Å². The fraction of sp³-hybridized carbons (Fsp3) is 0. The Kier molecular flexibility index (Phi) is 2.32. The normalized spacial score (nSPS) is 19.2. The predicted octanol–water partition coefficient (Wildman–Crippen LogP) is 3.44. The standard InChI is InChI=1S/5ClH.Cr/h5*1H;/q;;;;;+3/p-5. The van der Waals surface area contributed by atoms with Crippen molar-refractivity contribution in [1.29, 1.82) is 0 Å². The Morgan fingerprint density at radius 1 is 0.667 bits per heavy atom. The van der Waals surface area contributed by atoms with Gasteiger partial charge in [-0.05, 0) is 0 Å². The van der Waals surface area contributed by atoms with Crippen molar-refractivity contribution in [2.24, 2.45) is 0 Å². The van der Waals surface area contributed by atoms with Gasteiger partial charge in [-0.15, -0.1) is 0 Å². The molecule has 6 heavy (non-hydrogen) atoms. The van der Waals surface area contributed by atoms with Crippen LogP contribution in [-0.4, -0.2) is 0 Å². The van der Waals surface area contributed by atoms with Gasteiger partial charge >= 0.3 is 57.6 Å². The van der Waals surface area contributed by atoms with E-state index in [0.29, 0.717) is 0 Å². The Morgan fingerprint density at radius 2 is 0.667 bits per heavy atom. The van der Waals surface area contributed by atoms with Gasteiger partial charge in [0.1, 0.15) is 0 Å². The molecule has 0 aliphatic heterocycles. The van der Waals surface area contributed by atoms with Gasteiger partial charge in [0.15, 0.2) is 0 Å². The van der Waals surface area contributed by atoms with Crippen molar-refractivity contribution in [2.75, 3.05) is 0 Å². The van der Waals surface area contributed by atoms with E-state index in [1.807, 2.05) is 0 Å². The SMILES string of the molecule is [Cl][Cr-2]([Cl])([Cl])([Cl])[Cl]. The summed E-state index contributed by atoms with van der Waals surface area (Å²) in [6, 6.07) is 0. The summed E-state index contributed by atoms with van der Waals surface area (Å²) >= 11 is 0. The van der Waals surface area contributed by atoms with Gasteiger partial charge in [-0.25, -0.2) is 0 Å². The molecule has 0 aliphatic carbocycles. The Balaban J connectivity index is 3.73. The van der Waals surface area contributed by atoms with Crippen LogP contribution in [0.5, 0.6) is 0 Å². The van der Waals surface area contributed by atoms with Crippen molar-refractivity contribution in [3.8, 4) is 0 Å². The molecule has 0 rings (SSSR count). The van der Waals surface area contributed by atoms with E-state index < -0.39 is 7.40 Å². The third-order valence-electron chi connectivity index (χ3n) is 0. The van der Waals surface area contributed by atoms with Gasteiger partial charge < -0.3 is 0 Å². The maximum atomic E-state index is 5.01. The van der Waals surface area contributed by atoms with Gasteiger partial charge in [-0.1, -0.05) is 0 Å². The number of rotatable bonds is 0. The Labute approximate surface area is 57.3 Å². The molecule has 0 unspecified atom stereocenters. The van der Waals surface area contributed by atoms with Crippen molar-refractivity contribution >= 4 is 50.2 Å². The van der Waals surface area contributed by atoms with Crippen molar-refractivity contribution in [2.45, 2.75) is 0 Å². The average Bonchev–Trinajstić information content (AvgIpc) is 0.650. The molecule has 0 N–H and O–H groups in total. The molecule has 0 aromatic carbocycles. The molecule has 0 saturated carbocycles. The molecule has 0 heterocycles. The van der Waals surface area contributed by atoms with Crippen LogP contribution in [0.15, 0.2) is 0 Å². The van der Waals surface area contributed by atoms with Crippen LogP contribution in [-0.2, 0) is 7.40 Å². The first-order valence-electron chi connectivity index (χ1n) is 0.772. The molecule has 0 aliphatic rings. The molecule has 0 amide bonds. The fourth-order valence-corrected chi connectivity index (χ4v) is 0. The van der Waals surface area contributed by atoms with Crippen LogP contribution in [0.3, 0.4) is 0 Å². The van der Waals surface area contributed by atoms with Crippen LogP contribution in [0.1, 0.15) is 0 Å². The summed E-state index contributed by atoms with van der Waals surface area (Å²) in [6.07, 6.45) is 0. The van der Waals surface area contributed by atoms with Gasteiger partial charge in [0.2, 0.25) is 0 Å². The number of hydrogen-bond donors (Lipinski definition) is 0.